The third-order valence-electron chi connectivity index (χ3n) is 5.39. The zero-order chi connectivity index (χ0) is 17.0. The van der Waals surface area contributed by atoms with Crippen LogP contribution in [0.2, 0.25) is 0 Å². The fraction of sp³-hybridized carbons (Fsp3) is 0.667. The van der Waals surface area contributed by atoms with Crippen molar-refractivity contribution in [2.45, 2.75) is 25.7 Å². The van der Waals surface area contributed by atoms with Crippen molar-refractivity contribution in [1.29, 1.82) is 0 Å². The highest BCUT2D eigenvalue weighted by Gasteiger charge is 2.37. The van der Waals surface area contributed by atoms with Crippen molar-refractivity contribution >= 4 is 5.91 Å². The lowest BCUT2D eigenvalue weighted by Crippen LogP contribution is -2.49. The van der Waals surface area contributed by atoms with E-state index in [1.807, 2.05) is 4.90 Å². The normalized spacial score (nSPS) is 21.0. The van der Waals surface area contributed by atoms with Gasteiger partial charge in [-0.2, -0.15) is 0 Å². The number of ether oxygens (including phenoxy) is 1. The molecule has 24 heavy (non-hydrogen) atoms. The number of carbonyl (C=O) groups excluding carboxylic acids is 1. The molecule has 132 valence electrons. The summed E-state index contributed by atoms with van der Waals surface area (Å²) in [6.45, 7) is 4.76. The Balaban J connectivity index is 1.61. The Kier molecular flexibility index (Phi) is 5.36. The predicted octanol–water partition coefficient (Wildman–Crippen LogP) is 1.40. The fourth-order valence-electron chi connectivity index (χ4n) is 3.78. The van der Waals surface area contributed by atoms with Gasteiger partial charge in [0, 0.05) is 37.3 Å². The summed E-state index contributed by atoms with van der Waals surface area (Å²) in [4.78, 5) is 21.1. The molecule has 1 amide bonds. The van der Waals surface area contributed by atoms with Crippen LogP contribution in [0.15, 0.2) is 18.3 Å². The van der Waals surface area contributed by atoms with Crippen LogP contribution >= 0.6 is 0 Å². The van der Waals surface area contributed by atoms with Crippen LogP contribution in [0.1, 0.15) is 36.2 Å². The van der Waals surface area contributed by atoms with Gasteiger partial charge in [0.05, 0.1) is 13.7 Å². The summed E-state index contributed by atoms with van der Waals surface area (Å²) >= 11 is 0. The van der Waals surface area contributed by atoms with Crippen LogP contribution in [0.4, 0.5) is 0 Å². The number of methoxy groups -OCH3 is 1. The van der Waals surface area contributed by atoms with Gasteiger partial charge in [-0.15, -0.1) is 0 Å². The monoisotopic (exact) mass is 333 g/mol. The molecule has 0 aromatic carbocycles. The molecule has 3 heterocycles. The Morgan fingerprint density at radius 3 is 2.62 bits per heavy atom. The predicted molar refractivity (Wildman–Crippen MR) is 91.1 cm³/mol. The lowest BCUT2D eigenvalue weighted by atomic mass is 9.78. The SMILES string of the molecule is COc1ccnc(C(=O)N2CCC(CO)(CN3CCCC3)CC2)c1. The minimum absolute atomic E-state index is 0.0541. The van der Waals surface area contributed by atoms with E-state index in [1.165, 1.54) is 12.8 Å². The van der Waals surface area contributed by atoms with Gasteiger partial charge in [-0.3, -0.25) is 9.78 Å². The molecule has 3 rings (SSSR count). The lowest BCUT2D eigenvalue weighted by molar-refractivity contribution is 0.0176. The van der Waals surface area contributed by atoms with E-state index in [-0.39, 0.29) is 17.9 Å². The number of rotatable bonds is 5. The van der Waals surface area contributed by atoms with Crippen molar-refractivity contribution in [3.8, 4) is 5.75 Å². The molecule has 0 spiro atoms. The molecule has 0 unspecified atom stereocenters. The van der Waals surface area contributed by atoms with Crippen LogP contribution < -0.4 is 4.74 Å². The third-order valence-corrected chi connectivity index (χ3v) is 5.39. The number of hydrogen-bond acceptors (Lipinski definition) is 5. The number of piperidine rings is 1. The topological polar surface area (TPSA) is 65.9 Å². The first-order chi connectivity index (χ1) is 11.7. The Morgan fingerprint density at radius 2 is 2.00 bits per heavy atom. The number of aromatic nitrogens is 1. The zero-order valence-corrected chi connectivity index (χ0v) is 14.4. The molecule has 1 aromatic rings. The number of amides is 1. The standard InChI is InChI=1S/C18H27N3O3/c1-24-15-4-7-19-16(12-15)17(23)21-10-5-18(14-22,6-11-21)13-20-8-2-3-9-20/h4,7,12,22H,2-3,5-6,8-11,13-14H2,1H3. The zero-order valence-electron chi connectivity index (χ0n) is 14.4. The second-order valence-electron chi connectivity index (χ2n) is 7.01. The maximum atomic E-state index is 12.6. The molecular weight excluding hydrogens is 306 g/mol. The maximum absolute atomic E-state index is 12.6. The summed E-state index contributed by atoms with van der Waals surface area (Å²) in [5.74, 6) is 0.589. The molecule has 0 aliphatic carbocycles. The largest absolute Gasteiger partial charge is 0.497 e. The van der Waals surface area contributed by atoms with Gasteiger partial charge in [-0.05, 0) is 44.8 Å². The number of nitrogens with zero attached hydrogens (tertiary/aromatic N) is 3. The van der Waals surface area contributed by atoms with Crippen LogP contribution in [0.5, 0.6) is 5.75 Å². The van der Waals surface area contributed by atoms with Gasteiger partial charge in [-0.1, -0.05) is 0 Å². The molecule has 0 atom stereocenters. The average Bonchev–Trinajstić information content (AvgIpc) is 3.14. The smallest absolute Gasteiger partial charge is 0.272 e. The Morgan fingerprint density at radius 1 is 1.29 bits per heavy atom. The van der Waals surface area contributed by atoms with E-state index in [4.69, 9.17) is 4.74 Å². The molecule has 0 bridgehead atoms. The number of aliphatic hydroxyl groups is 1. The first-order valence-electron chi connectivity index (χ1n) is 8.78. The van der Waals surface area contributed by atoms with Crippen LogP contribution in [-0.4, -0.2) is 72.2 Å². The van der Waals surface area contributed by atoms with E-state index in [2.05, 4.69) is 9.88 Å². The Hall–Kier alpha value is -1.66. The van der Waals surface area contributed by atoms with Gasteiger partial charge in [0.2, 0.25) is 0 Å². The molecule has 0 saturated carbocycles. The van der Waals surface area contributed by atoms with Crippen LogP contribution in [0.25, 0.3) is 0 Å². The number of aliphatic hydroxyl groups excluding tert-OH is 1. The minimum atomic E-state index is -0.0665. The molecule has 1 N–H and O–H groups in total. The first kappa shape index (κ1) is 17.2. The van der Waals surface area contributed by atoms with Gasteiger partial charge in [0.1, 0.15) is 11.4 Å². The quantitative estimate of drug-likeness (QED) is 0.882. The maximum Gasteiger partial charge on any atom is 0.272 e. The van der Waals surface area contributed by atoms with Gasteiger partial charge in [0.15, 0.2) is 0 Å². The Labute approximate surface area is 143 Å². The summed E-state index contributed by atoms with van der Waals surface area (Å²) in [6.07, 6.45) is 5.80. The summed E-state index contributed by atoms with van der Waals surface area (Å²) in [7, 11) is 1.58. The number of pyridine rings is 1. The first-order valence-corrected chi connectivity index (χ1v) is 8.78. The summed E-state index contributed by atoms with van der Waals surface area (Å²) in [5.41, 5.74) is 0.355. The molecule has 2 aliphatic rings. The number of hydrogen-bond donors (Lipinski definition) is 1. The minimum Gasteiger partial charge on any atom is -0.497 e. The van der Waals surface area contributed by atoms with E-state index in [0.29, 0.717) is 24.5 Å². The highest BCUT2D eigenvalue weighted by Crippen LogP contribution is 2.33. The summed E-state index contributed by atoms with van der Waals surface area (Å²) < 4.78 is 5.17. The van der Waals surface area contributed by atoms with Gasteiger partial charge in [-0.25, -0.2) is 0 Å². The van der Waals surface area contributed by atoms with Crippen molar-refractivity contribution in [2.24, 2.45) is 5.41 Å². The van der Waals surface area contributed by atoms with Crippen LogP contribution in [0, 0.1) is 5.41 Å². The van der Waals surface area contributed by atoms with Crippen molar-refractivity contribution in [3.05, 3.63) is 24.0 Å². The summed E-state index contributed by atoms with van der Waals surface area (Å²) in [5, 5.41) is 9.95. The van der Waals surface area contributed by atoms with Crippen LogP contribution in [0.3, 0.4) is 0 Å². The van der Waals surface area contributed by atoms with Crippen LogP contribution in [-0.2, 0) is 0 Å². The highest BCUT2D eigenvalue weighted by molar-refractivity contribution is 5.92. The highest BCUT2D eigenvalue weighted by atomic mass is 16.5. The molecule has 2 aliphatic heterocycles. The lowest BCUT2D eigenvalue weighted by Gasteiger charge is -2.42. The second kappa shape index (κ2) is 7.49. The van der Waals surface area contributed by atoms with E-state index < -0.39 is 0 Å². The van der Waals surface area contributed by atoms with Crippen molar-refractivity contribution in [2.75, 3.05) is 46.4 Å². The number of carbonyl (C=O) groups is 1. The van der Waals surface area contributed by atoms with Crippen molar-refractivity contribution in [1.82, 2.24) is 14.8 Å². The Bertz CT molecular complexity index is 564. The van der Waals surface area contributed by atoms with Gasteiger partial charge >= 0.3 is 0 Å². The molecule has 1 aromatic heterocycles. The van der Waals surface area contributed by atoms with Gasteiger partial charge < -0.3 is 19.6 Å². The molecule has 6 nitrogen and oxygen atoms in total. The molecule has 0 radical (unpaired) electrons. The summed E-state index contributed by atoms with van der Waals surface area (Å²) in [6, 6.07) is 3.42. The van der Waals surface area contributed by atoms with Crippen molar-refractivity contribution < 1.29 is 14.6 Å². The van der Waals surface area contributed by atoms with Crippen molar-refractivity contribution in [3.63, 3.8) is 0 Å². The third kappa shape index (κ3) is 3.70. The second-order valence-corrected chi connectivity index (χ2v) is 7.01. The number of likely N-dealkylation sites (tertiary alicyclic amines) is 2. The fourth-order valence-corrected chi connectivity index (χ4v) is 3.78. The molecule has 2 fully saturated rings. The van der Waals surface area contributed by atoms with Gasteiger partial charge in [0.25, 0.3) is 5.91 Å². The van der Waals surface area contributed by atoms with E-state index >= 15 is 0 Å². The van der Waals surface area contributed by atoms with E-state index in [1.54, 1.807) is 25.4 Å². The van der Waals surface area contributed by atoms with E-state index in [0.717, 1.165) is 32.5 Å². The molecule has 2 saturated heterocycles. The molecular formula is C18H27N3O3. The molecule has 6 heteroatoms. The average molecular weight is 333 g/mol. The van der Waals surface area contributed by atoms with E-state index in [9.17, 15) is 9.90 Å².